The summed E-state index contributed by atoms with van der Waals surface area (Å²) in [5, 5.41) is 14.6. The van der Waals surface area contributed by atoms with E-state index in [0.29, 0.717) is 18.0 Å². The molecule has 2 aromatic heterocycles. The van der Waals surface area contributed by atoms with E-state index in [1.807, 2.05) is 37.5 Å². The summed E-state index contributed by atoms with van der Waals surface area (Å²) in [7, 11) is 3.52. The molecule has 27 heavy (non-hydrogen) atoms. The fourth-order valence-corrected chi connectivity index (χ4v) is 3.49. The zero-order valence-corrected chi connectivity index (χ0v) is 15.5. The number of anilines is 2. The molecular formula is C19H21N7O. The van der Waals surface area contributed by atoms with Crippen molar-refractivity contribution in [2.45, 2.75) is 6.61 Å². The molecular weight excluding hydrogens is 342 g/mol. The Labute approximate surface area is 157 Å². The largest absolute Gasteiger partial charge is 0.377 e. The highest BCUT2D eigenvalue weighted by Crippen LogP contribution is 2.27. The first-order chi connectivity index (χ1) is 13.2. The van der Waals surface area contributed by atoms with Gasteiger partial charge in [-0.05, 0) is 12.1 Å². The molecule has 0 atom stereocenters. The van der Waals surface area contributed by atoms with Gasteiger partial charge >= 0.3 is 0 Å². The predicted octanol–water partition coefficient (Wildman–Crippen LogP) is 1.71. The lowest BCUT2D eigenvalue weighted by molar-refractivity contribution is 0.178. The number of aryl methyl sites for hydroxylation is 1. The average Bonchev–Trinajstić information content (AvgIpc) is 3.09. The zero-order chi connectivity index (χ0) is 18.8. The van der Waals surface area contributed by atoms with Gasteiger partial charge in [-0.1, -0.05) is 12.1 Å². The molecule has 3 heterocycles. The van der Waals surface area contributed by atoms with Crippen LogP contribution in [0.25, 0.3) is 11.0 Å². The molecule has 1 aliphatic heterocycles. The van der Waals surface area contributed by atoms with Gasteiger partial charge in [0.1, 0.15) is 18.5 Å². The molecule has 4 rings (SSSR count). The van der Waals surface area contributed by atoms with Gasteiger partial charge in [-0.25, -0.2) is 9.97 Å². The highest BCUT2D eigenvalue weighted by Gasteiger charge is 2.23. The van der Waals surface area contributed by atoms with Crippen molar-refractivity contribution in [2.24, 2.45) is 7.05 Å². The summed E-state index contributed by atoms with van der Waals surface area (Å²) < 4.78 is 6.99. The molecule has 0 bridgehead atoms. The number of methoxy groups -OCH3 is 1. The fraction of sp³-hybridized carbons (Fsp3) is 0.368. The number of fused-ring (bicyclic) bond motifs is 1. The normalized spacial score (nSPS) is 14.6. The Morgan fingerprint density at radius 2 is 1.85 bits per heavy atom. The van der Waals surface area contributed by atoms with Crippen LogP contribution in [0.15, 0.2) is 30.5 Å². The Bertz CT molecular complexity index is 999. The Hall–Kier alpha value is -3.18. The van der Waals surface area contributed by atoms with E-state index in [2.05, 4.69) is 26.0 Å². The minimum atomic E-state index is 0.365. The van der Waals surface area contributed by atoms with Gasteiger partial charge in [0, 0.05) is 40.3 Å². The van der Waals surface area contributed by atoms with Crippen LogP contribution in [0.5, 0.6) is 0 Å². The number of benzene rings is 1. The molecule has 0 radical (unpaired) electrons. The van der Waals surface area contributed by atoms with Crippen molar-refractivity contribution in [3.8, 4) is 6.07 Å². The van der Waals surface area contributed by atoms with E-state index in [1.54, 1.807) is 11.8 Å². The molecule has 138 valence electrons. The van der Waals surface area contributed by atoms with Crippen LogP contribution >= 0.6 is 0 Å². The first kappa shape index (κ1) is 17.2. The average molecular weight is 363 g/mol. The summed E-state index contributed by atoms with van der Waals surface area (Å²) in [5.41, 5.74) is 2.52. The van der Waals surface area contributed by atoms with Gasteiger partial charge in [-0.15, -0.1) is 0 Å². The van der Waals surface area contributed by atoms with Crippen LogP contribution in [0.2, 0.25) is 0 Å². The van der Waals surface area contributed by atoms with E-state index in [4.69, 9.17) is 9.72 Å². The van der Waals surface area contributed by atoms with Crippen LogP contribution in [0.3, 0.4) is 0 Å². The van der Waals surface area contributed by atoms with Gasteiger partial charge in [-0.2, -0.15) is 10.4 Å². The third kappa shape index (κ3) is 3.17. The molecule has 1 aliphatic rings. The van der Waals surface area contributed by atoms with Crippen LogP contribution in [0.4, 0.5) is 11.5 Å². The van der Waals surface area contributed by atoms with Gasteiger partial charge in [0.25, 0.3) is 0 Å². The molecule has 0 spiro atoms. The Morgan fingerprint density at radius 3 is 2.59 bits per heavy atom. The Balaban J connectivity index is 1.60. The van der Waals surface area contributed by atoms with E-state index < -0.39 is 0 Å². The maximum Gasteiger partial charge on any atom is 0.163 e. The highest BCUT2D eigenvalue weighted by molar-refractivity contribution is 5.87. The van der Waals surface area contributed by atoms with Gasteiger partial charge in [0.2, 0.25) is 0 Å². The second-order valence-corrected chi connectivity index (χ2v) is 6.50. The summed E-state index contributed by atoms with van der Waals surface area (Å²) in [5.74, 6) is 1.55. The zero-order valence-electron chi connectivity index (χ0n) is 15.5. The minimum absolute atomic E-state index is 0.365. The minimum Gasteiger partial charge on any atom is -0.377 e. The monoisotopic (exact) mass is 363 g/mol. The van der Waals surface area contributed by atoms with Crippen molar-refractivity contribution < 1.29 is 4.74 Å². The first-order valence-corrected chi connectivity index (χ1v) is 8.88. The molecule has 0 saturated carbocycles. The fourth-order valence-electron chi connectivity index (χ4n) is 3.49. The molecule has 0 amide bonds. The second-order valence-electron chi connectivity index (χ2n) is 6.50. The summed E-state index contributed by atoms with van der Waals surface area (Å²) in [6.45, 7) is 3.64. The number of para-hydroxylation sites is 1. The molecule has 0 unspecified atom stereocenters. The predicted molar refractivity (Wildman–Crippen MR) is 103 cm³/mol. The molecule has 0 aliphatic carbocycles. The van der Waals surface area contributed by atoms with E-state index in [1.165, 1.54) is 0 Å². The number of ether oxygens (including phenoxy) is 1. The summed E-state index contributed by atoms with van der Waals surface area (Å²) in [6, 6.07) is 10.0. The lowest BCUT2D eigenvalue weighted by Gasteiger charge is -2.37. The van der Waals surface area contributed by atoms with Crippen molar-refractivity contribution in [2.75, 3.05) is 43.1 Å². The Morgan fingerprint density at radius 1 is 1.11 bits per heavy atom. The summed E-state index contributed by atoms with van der Waals surface area (Å²) in [4.78, 5) is 13.8. The van der Waals surface area contributed by atoms with E-state index >= 15 is 0 Å². The van der Waals surface area contributed by atoms with Gasteiger partial charge < -0.3 is 14.5 Å². The van der Waals surface area contributed by atoms with E-state index in [-0.39, 0.29) is 0 Å². The van der Waals surface area contributed by atoms with Crippen LogP contribution in [0.1, 0.15) is 11.4 Å². The van der Waals surface area contributed by atoms with Gasteiger partial charge in [-0.3, -0.25) is 4.68 Å². The van der Waals surface area contributed by atoms with Crippen molar-refractivity contribution in [3.05, 3.63) is 41.9 Å². The number of hydrogen-bond donors (Lipinski definition) is 0. The molecule has 0 N–H and O–H groups in total. The van der Waals surface area contributed by atoms with Crippen molar-refractivity contribution >= 4 is 22.5 Å². The number of nitrogens with zero attached hydrogens (tertiary/aromatic N) is 7. The molecule has 1 saturated heterocycles. The second kappa shape index (κ2) is 7.21. The van der Waals surface area contributed by atoms with Crippen molar-refractivity contribution in [3.63, 3.8) is 0 Å². The van der Waals surface area contributed by atoms with Gasteiger partial charge in [0.05, 0.1) is 22.8 Å². The smallest absolute Gasteiger partial charge is 0.163 e. The first-order valence-electron chi connectivity index (χ1n) is 8.88. The molecule has 3 aromatic rings. The molecule has 1 aromatic carbocycles. The van der Waals surface area contributed by atoms with Crippen LogP contribution < -0.4 is 9.80 Å². The van der Waals surface area contributed by atoms with E-state index in [0.717, 1.165) is 48.7 Å². The quantitative estimate of drug-likeness (QED) is 0.698. The Kier molecular flexibility index (Phi) is 4.60. The van der Waals surface area contributed by atoms with Crippen molar-refractivity contribution in [1.82, 2.24) is 19.7 Å². The number of rotatable bonds is 4. The lowest BCUT2D eigenvalue weighted by Crippen LogP contribution is -2.47. The molecule has 1 fully saturated rings. The maximum absolute atomic E-state index is 9.36. The summed E-state index contributed by atoms with van der Waals surface area (Å²) in [6.07, 6.45) is 1.82. The third-order valence-electron chi connectivity index (χ3n) is 4.84. The maximum atomic E-state index is 9.36. The van der Waals surface area contributed by atoms with Crippen LogP contribution in [-0.2, 0) is 18.4 Å². The highest BCUT2D eigenvalue weighted by atomic mass is 16.5. The topological polar surface area (TPSA) is 83.1 Å². The van der Waals surface area contributed by atoms with Crippen LogP contribution in [-0.4, -0.2) is 53.0 Å². The number of nitriles is 1. The standard InChI is InChI=1S/C19H21N7O/c1-24-18-15(12-21-24)19(23-17(22-18)13-27-2)26-9-7-25(8-10-26)16-6-4-3-5-14(16)11-20/h3-6,12H,7-10,13H2,1-2H3. The van der Waals surface area contributed by atoms with Gasteiger partial charge in [0.15, 0.2) is 11.5 Å². The third-order valence-corrected chi connectivity index (χ3v) is 4.84. The van der Waals surface area contributed by atoms with E-state index in [9.17, 15) is 5.26 Å². The number of hydrogen-bond acceptors (Lipinski definition) is 7. The molecule has 8 nitrogen and oxygen atoms in total. The number of aromatic nitrogens is 4. The van der Waals surface area contributed by atoms with Crippen LogP contribution in [0, 0.1) is 11.3 Å². The number of piperazine rings is 1. The lowest BCUT2D eigenvalue weighted by atomic mass is 10.1. The molecule has 8 heteroatoms. The summed E-state index contributed by atoms with van der Waals surface area (Å²) >= 11 is 0. The SMILES string of the molecule is COCc1nc(N2CCN(c3ccccc3C#N)CC2)c2cnn(C)c2n1. The van der Waals surface area contributed by atoms with Crippen molar-refractivity contribution in [1.29, 1.82) is 5.26 Å².